The molecule has 2 heterocycles. The molecule has 5 heteroatoms. The quantitative estimate of drug-likeness (QED) is 0.366. The number of rotatable bonds is 2. The molecule has 0 unspecified atom stereocenters. The standard InChI is InChI=1S/2C15H15N.2ClH.Zr/c2*1-10-7-11(2)13(8-10)15-9-12-5-3-4-6-14(12)16-15;;;/h2*3-7,9,16H,8H2,1-2H3;2*1H;/q;;;;+2/p-2. The van der Waals surface area contributed by atoms with Gasteiger partial charge in [0, 0.05) is 22.4 Å². The van der Waals surface area contributed by atoms with E-state index in [4.69, 9.17) is 0 Å². The van der Waals surface area contributed by atoms with E-state index in [0.717, 1.165) is 12.8 Å². The van der Waals surface area contributed by atoms with Gasteiger partial charge in [0.05, 0.1) is 0 Å². The number of hydrogen-bond donors (Lipinski definition) is 2. The third kappa shape index (κ3) is 6.20. The van der Waals surface area contributed by atoms with E-state index >= 15 is 0 Å². The number of nitrogens with one attached hydrogen (secondary N) is 2. The zero-order valence-corrected chi connectivity index (χ0v) is 24.6. The van der Waals surface area contributed by atoms with Gasteiger partial charge >= 0.3 is 26.2 Å². The van der Waals surface area contributed by atoms with Gasteiger partial charge in [0.2, 0.25) is 0 Å². The summed E-state index contributed by atoms with van der Waals surface area (Å²) < 4.78 is 0. The molecule has 0 aliphatic heterocycles. The van der Waals surface area contributed by atoms with Crippen LogP contribution >= 0.6 is 0 Å². The van der Waals surface area contributed by atoms with Gasteiger partial charge in [-0.05, 0) is 97.9 Å². The third-order valence-electron chi connectivity index (χ3n) is 6.50. The van der Waals surface area contributed by atoms with Crippen LogP contribution in [0.3, 0.4) is 0 Å². The van der Waals surface area contributed by atoms with E-state index in [-0.39, 0.29) is 51.0 Å². The van der Waals surface area contributed by atoms with E-state index in [1.807, 2.05) is 0 Å². The van der Waals surface area contributed by atoms with Gasteiger partial charge in [0.15, 0.2) is 0 Å². The molecule has 2 aromatic heterocycles. The fraction of sp³-hybridized carbons (Fsp3) is 0.200. The number of H-pyrrole nitrogens is 2. The van der Waals surface area contributed by atoms with Crippen molar-refractivity contribution < 1.29 is 51.0 Å². The molecule has 2 nitrogen and oxygen atoms in total. The summed E-state index contributed by atoms with van der Waals surface area (Å²) in [6, 6.07) is 21.4. The minimum Gasteiger partial charge on any atom is -1.00 e. The molecular formula is C30H30Cl2N2Zr. The Morgan fingerprint density at radius 2 is 0.943 bits per heavy atom. The fourth-order valence-corrected chi connectivity index (χ4v) is 4.94. The molecule has 0 spiro atoms. The fourth-order valence-electron chi connectivity index (χ4n) is 4.94. The van der Waals surface area contributed by atoms with Crippen molar-refractivity contribution in [2.45, 2.75) is 40.5 Å². The normalized spacial score (nSPS) is 14.6. The van der Waals surface area contributed by atoms with Crippen LogP contribution in [0.1, 0.15) is 51.9 Å². The summed E-state index contributed by atoms with van der Waals surface area (Å²) in [7, 11) is 0. The van der Waals surface area contributed by atoms with Crippen molar-refractivity contribution in [3.05, 3.63) is 106 Å². The van der Waals surface area contributed by atoms with Gasteiger partial charge in [-0.25, -0.2) is 0 Å². The Morgan fingerprint density at radius 3 is 1.26 bits per heavy atom. The van der Waals surface area contributed by atoms with E-state index in [1.165, 1.54) is 66.6 Å². The van der Waals surface area contributed by atoms with Crippen molar-refractivity contribution in [3.63, 3.8) is 0 Å². The molecule has 0 amide bonds. The molecule has 0 saturated carbocycles. The van der Waals surface area contributed by atoms with Gasteiger partial charge in [-0.2, -0.15) is 0 Å². The Bertz CT molecular complexity index is 1290. The van der Waals surface area contributed by atoms with Gasteiger partial charge in [0.25, 0.3) is 0 Å². The van der Waals surface area contributed by atoms with Gasteiger partial charge < -0.3 is 34.8 Å². The van der Waals surface area contributed by atoms with Crippen molar-refractivity contribution >= 4 is 33.0 Å². The zero-order valence-electron chi connectivity index (χ0n) is 20.6. The molecule has 178 valence electrons. The van der Waals surface area contributed by atoms with E-state index in [9.17, 15) is 0 Å². The molecule has 35 heavy (non-hydrogen) atoms. The van der Waals surface area contributed by atoms with Crippen molar-refractivity contribution in [3.8, 4) is 0 Å². The van der Waals surface area contributed by atoms with Crippen LogP contribution in [0.25, 0.3) is 33.0 Å². The van der Waals surface area contributed by atoms with E-state index in [2.05, 4.69) is 110 Å². The molecular weight excluding hydrogens is 550 g/mol. The molecule has 0 saturated heterocycles. The molecule has 2 aliphatic rings. The smallest absolute Gasteiger partial charge is 1.00 e. The van der Waals surface area contributed by atoms with Crippen LogP contribution in [0.2, 0.25) is 0 Å². The predicted molar refractivity (Wildman–Crippen MR) is 139 cm³/mol. The van der Waals surface area contributed by atoms with Crippen molar-refractivity contribution in [2.75, 3.05) is 0 Å². The average molecular weight is 581 g/mol. The van der Waals surface area contributed by atoms with Gasteiger partial charge in [0.1, 0.15) is 0 Å². The molecule has 2 aromatic carbocycles. The minimum absolute atomic E-state index is 0. The summed E-state index contributed by atoms with van der Waals surface area (Å²) in [5.74, 6) is 0. The number of fused-ring (bicyclic) bond motifs is 2. The predicted octanol–water partition coefficient (Wildman–Crippen LogP) is 2.59. The monoisotopic (exact) mass is 578 g/mol. The second-order valence-corrected chi connectivity index (χ2v) is 9.20. The van der Waals surface area contributed by atoms with Gasteiger partial charge in [-0.3, -0.25) is 0 Å². The van der Waals surface area contributed by atoms with Crippen LogP contribution in [0.5, 0.6) is 0 Å². The minimum atomic E-state index is 0. The van der Waals surface area contributed by atoms with E-state index in [0.29, 0.717) is 0 Å². The Hall–Kier alpha value is -2.06. The molecule has 6 rings (SSSR count). The summed E-state index contributed by atoms with van der Waals surface area (Å²) in [4.78, 5) is 6.99. The molecule has 2 aliphatic carbocycles. The Labute approximate surface area is 239 Å². The number of allylic oxidation sites excluding steroid dienone is 8. The van der Waals surface area contributed by atoms with Crippen LogP contribution in [0, 0.1) is 0 Å². The number of halogens is 2. The van der Waals surface area contributed by atoms with Gasteiger partial charge in [-0.1, -0.05) is 59.7 Å². The first-order valence-electron chi connectivity index (χ1n) is 11.4. The zero-order chi connectivity index (χ0) is 22.2. The number of benzene rings is 2. The maximum absolute atomic E-state index is 3.50. The van der Waals surface area contributed by atoms with Crippen molar-refractivity contribution in [1.29, 1.82) is 0 Å². The molecule has 2 N–H and O–H groups in total. The largest absolute Gasteiger partial charge is 2.00 e. The first-order valence-corrected chi connectivity index (χ1v) is 11.4. The summed E-state index contributed by atoms with van der Waals surface area (Å²) in [6.45, 7) is 8.77. The van der Waals surface area contributed by atoms with E-state index in [1.54, 1.807) is 0 Å². The van der Waals surface area contributed by atoms with E-state index < -0.39 is 0 Å². The topological polar surface area (TPSA) is 31.6 Å². The van der Waals surface area contributed by atoms with Gasteiger partial charge in [-0.15, -0.1) is 0 Å². The number of para-hydroxylation sites is 2. The van der Waals surface area contributed by atoms with Crippen LogP contribution in [0.4, 0.5) is 0 Å². The summed E-state index contributed by atoms with van der Waals surface area (Å²) in [5, 5.41) is 2.59. The first kappa shape index (κ1) is 29.2. The van der Waals surface area contributed by atoms with Crippen LogP contribution in [-0.4, -0.2) is 9.97 Å². The number of aromatic nitrogens is 2. The molecule has 4 aromatic rings. The molecule has 0 radical (unpaired) electrons. The van der Waals surface area contributed by atoms with Crippen LogP contribution < -0.4 is 24.8 Å². The Morgan fingerprint density at radius 1 is 0.571 bits per heavy atom. The second-order valence-electron chi connectivity index (χ2n) is 9.20. The number of hydrogen-bond acceptors (Lipinski definition) is 0. The number of aromatic amines is 2. The summed E-state index contributed by atoms with van der Waals surface area (Å²) >= 11 is 0. The molecule has 0 bridgehead atoms. The molecule has 0 atom stereocenters. The first-order chi connectivity index (χ1) is 15.5. The maximum Gasteiger partial charge on any atom is 2.00 e. The second kappa shape index (κ2) is 12.3. The van der Waals surface area contributed by atoms with Crippen molar-refractivity contribution in [1.82, 2.24) is 9.97 Å². The van der Waals surface area contributed by atoms with Crippen molar-refractivity contribution in [2.24, 2.45) is 0 Å². The SMILES string of the molecule is CC1=CC(C)=C(c2cc3ccccc3[nH]2)C1.CC1=CC(C)=C(c2cc3ccccc3[nH]2)C1.[Cl-].[Cl-].[Zr+2]. The summed E-state index contributed by atoms with van der Waals surface area (Å²) in [5.41, 5.74) is 13.6. The maximum atomic E-state index is 3.50. The average Bonchev–Trinajstić information content (AvgIpc) is 3.52. The van der Waals surface area contributed by atoms with Crippen LogP contribution in [0.15, 0.2) is 95.1 Å². The Kier molecular flexibility index (Phi) is 10.2. The summed E-state index contributed by atoms with van der Waals surface area (Å²) in [6.07, 6.45) is 6.72. The van der Waals surface area contributed by atoms with Crippen LogP contribution in [-0.2, 0) is 26.2 Å². The Balaban J connectivity index is 0.000000227. The molecule has 0 fully saturated rings. The third-order valence-corrected chi connectivity index (χ3v) is 6.50.